The Kier molecular flexibility index (Phi) is 7.41. The molecule has 2 fully saturated rings. The zero-order valence-electron chi connectivity index (χ0n) is 20.2. The maximum atomic E-state index is 14.8. The summed E-state index contributed by atoms with van der Waals surface area (Å²) in [5.41, 5.74) is 0.333. The number of nitrogens with zero attached hydrogens (tertiary/aromatic N) is 5. The zero-order chi connectivity index (χ0) is 27.9. The van der Waals surface area contributed by atoms with Gasteiger partial charge in [0.05, 0.1) is 47.4 Å². The van der Waals surface area contributed by atoms with Crippen LogP contribution in [0, 0.1) is 11.3 Å². The van der Waals surface area contributed by atoms with Gasteiger partial charge in [0, 0.05) is 23.5 Å². The highest BCUT2D eigenvalue weighted by molar-refractivity contribution is 8.18. The number of hydrogen-bond donors (Lipinski definition) is 0. The molecule has 0 N–H and O–H groups in total. The standard InChI is InChI=1S/C26H20ClF4N5O2S/c27-18-3-2-16(19(11-18)26(29,30)31)13-35-21-4-1-15(9-17(21)12-33-35)10-23-24(37)36(25(38)39-23)22-5-7-34(8-6-32)14-20(22)28/h1-4,9-12,20,22H,5,7-8,13-14H2/b23-10-/t20-,22-/m0/s1. The van der Waals surface area contributed by atoms with Crippen molar-refractivity contribution in [1.82, 2.24) is 19.6 Å². The van der Waals surface area contributed by atoms with Crippen molar-refractivity contribution in [3.8, 4) is 6.07 Å². The van der Waals surface area contributed by atoms with E-state index < -0.39 is 35.1 Å². The number of piperidine rings is 1. The van der Waals surface area contributed by atoms with Crippen LogP contribution in [0.1, 0.15) is 23.1 Å². The SMILES string of the molecule is N#CCN1CC[C@H](N2C(=O)S/C(=C\c3ccc4c(cnn4Cc4ccc(Cl)cc4C(F)(F)F)c3)C2=O)[C@@H](F)C1. The van der Waals surface area contributed by atoms with Gasteiger partial charge in [0.2, 0.25) is 0 Å². The van der Waals surface area contributed by atoms with Crippen molar-refractivity contribution in [1.29, 1.82) is 5.26 Å². The first-order valence-corrected chi connectivity index (χ1v) is 13.1. The van der Waals surface area contributed by atoms with Gasteiger partial charge < -0.3 is 0 Å². The molecule has 202 valence electrons. The number of benzene rings is 2. The molecule has 7 nitrogen and oxygen atoms in total. The van der Waals surface area contributed by atoms with Crippen molar-refractivity contribution < 1.29 is 27.2 Å². The summed E-state index contributed by atoms with van der Waals surface area (Å²) in [6, 6.07) is 9.72. The number of hydrogen-bond acceptors (Lipinski definition) is 6. The van der Waals surface area contributed by atoms with Crippen LogP contribution >= 0.6 is 23.4 Å². The Bertz CT molecular complexity index is 1530. The Morgan fingerprint density at radius 2 is 2.00 bits per heavy atom. The monoisotopic (exact) mass is 577 g/mol. The highest BCUT2D eigenvalue weighted by atomic mass is 35.5. The smallest absolute Gasteiger partial charge is 0.288 e. The van der Waals surface area contributed by atoms with E-state index in [0.717, 1.165) is 22.7 Å². The molecule has 1 aromatic heterocycles. The molecular formula is C26H20ClF4N5O2S. The first kappa shape index (κ1) is 27.2. The van der Waals surface area contributed by atoms with Gasteiger partial charge in [0.15, 0.2) is 0 Å². The molecule has 2 atom stereocenters. The fraction of sp³-hybridized carbons (Fsp3) is 0.308. The lowest BCUT2D eigenvalue weighted by atomic mass is 10.0. The topological polar surface area (TPSA) is 82.2 Å². The van der Waals surface area contributed by atoms with Crippen LogP contribution in [0.4, 0.5) is 22.4 Å². The van der Waals surface area contributed by atoms with E-state index in [1.807, 2.05) is 6.07 Å². The van der Waals surface area contributed by atoms with E-state index in [4.69, 9.17) is 16.9 Å². The lowest BCUT2D eigenvalue weighted by Crippen LogP contribution is -2.53. The van der Waals surface area contributed by atoms with Crippen LogP contribution in [-0.2, 0) is 17.5 Å². The molecule has 0 unspecified atom stereocenters. The molecule has 13 heteroatoms. The van der Waals surface area contributed by atoms with Crippen molar-refractivity contribution in [3.05, 3.63) is 69.2 Å². The molecule has 0 aliphatic carbocycles. The quantitative estimate of drug-likeness (QED) is 0.219. The number of halogens is 5. The van der Waals surface area contributed by atoms with Crippen LogP contribution in [0.5, 0.6) is 0 Å². The fourth-order valence-corrected chi connectivity index (χ4v) is 5.90. The van der Waals surface area contributed by atoms with Gasteiger partial charge in [-0.2, -0.15) is 23.5 Å². The van der Waals surface area contributed by atoms with Crippen molar-refractivity contribution in [2.75, 3.05) is 19.6 Å². The third-order valence-electron chi connectivity index (χ3n) is 6.70. The Hall–Kier alpha value is -3.40. The van der Waals surface area contributed by atoms with E-state index in [1.165, 1.54) is 29.1 Å². The zero-order valence-corrected chi connectivity index (χ0v) is 21.7. The van der Waals surface area contributed by atoms with Gasteiger partial charge in [-0.1, -0.05) is 23.7 Å². The maximum absolute atomic E-state index is 14.8. The average Bonchev–Trinajstić information content (AvgIpc) is 3.39. The molecule has 3 heterocycles. The summed E-state index contributed by atoms with van der Waals surface area (Å²) in [7, 11) is 0. The summed E-state index contributed by atoms with van der Waals surface area (Å²) in [6.45, 7) is 0.323. The molecule has 2 saturated heterocycles. The molecule has 0 spiro atoms. The van der Waals surface area contributed by atoms with Crippen LogP contribution in [0.15, 0.2) is 47.5 Å². The number of thioether (sulfide) groups is 1. The van der Waals surface area contributed by atoms with E-state index >= 15 is 0 Å². The number of alkyl halides is 4. The largest absolute Gasteiger partial charge is 0.416 e. The molecule has 0 radical (unpaired) electrons. The molecule has 2 amide bonds. The van der Waals surface area contributed by atoms with E-state index in [-0.39, 0.29) is 41.5 Å². The minimum atomic E-state index is -4.57. The lowest BCUT2D eigenvalue weighted by Gasteiger charge is -2.36. The summed E-state index contributed by atoms with van der Waals surface area (Å²) in [4.78, 5) is 28.4. The number of nitriles is 1. The van der Waals surface area contributed by atoms with Gasteiger partial charge in [0.1, 0.15) is 6.17 Å². The Balaban J connectivity index is 1.36. The molecule has 0 saturated carbocycles. The number of carbonyl (C=O) groups excluding carboxylic acids is 2. The van der Waals surface area contributed by atoms with Gasteiger partial charge in [0.25, 0.3) is 11.1 Å². The van der Waals surface area contributed by atoms with E-state index in [1.54, 1.807) is 23.1 Å². The molecule has 3 aromatic rings. The third-order valence-corrected chi connectivity index (χ3v) is 7.82. The molecule has 2 aromatic carbocycles. The highest BCUT2D eigenvalue weighted by Gasteiger charge is 2.45. The predicted molar refractivity (Wildman–Crippen MR) is 138 cm³/mol. The summed E-state index contributed by atoms with van der Waals surface area (Å²) < 4.78 is 56.8. The number of amides is 2. The average molecular weight is 578 g/mol. The van der Waals surface area contributed by atoms with Gasteiger partial charge in [-0.25, -0.2) is 4.39 Å². The second-order valence-corrected chi connectivity index (χ2v) is 10.7. The van der Waals surface area contributed by atoms with E-state index in [9.17, 15) is 27.2 Å². The summed E-state index contributed by atoms with van der Waals surface area (Å²) in [5, 5.41) is 13.1. The van der Waals surface area contributed by atoms with Crippen LogP contribution in [0.3, 0.4) is 0 Å². The maximum Gasteiger partial charge on any atom is 0.416 e. The first-order valence-electron chi connectivity index (χ1n) is 11.9. The van der Waals surface area contributed by atoms with Crippen LogP contribution in [-0.4, -0.2) is 62.6 Å². The molecular weight excluding hydrogens is 558 g/mol. The van der Waals surface area contributed by atoms with Crippen LogP contribution in [0.2, 0.25) is 5.02 Å². The number of likely N-dealkylation sites (tertiary alicyclic amines) is 1. The third kappa shape index (κ3) is 5.52. The molecule has 0 bridgehead atoms. The number of aromatic nitrogens is 2. The lowest BCUT2D eigenvalue weighted by molar-refractivity contribution is -0.138. The van der Waals surface area contributed by atoms with Crippen molar-refractivity contribution >= 4 is 51.5 Å². The van der Waals surface area contributed by atoms with Crippen molar-refractivity contribution in [3.63, 3.8) is 0 Å². The molecule has 2 aliphatic rings. The van der Waals surface area contributed by atoms with Crippen LogP contribution in [0.25, 0.3) is 17.0 Å². The van der Waals surface area contributed by atoms with Gasteiger partial charge in [-0.05, 0) is 59.7 Å². The van der Waals surface area contributed by atoms with Crippen molar-refractivity contribution in [2.24, 2.45) is 0 Å². The summed E-state index contributed by atoms with van der Waals surface area (Å²) in [6.07, 6.45) is -2.76. The van der Waals surface area contributed by atoms with Gasteiger partial charge in [-0.15, -0.1) is 0 Å². The Morgan fingerprint density at radius 3 is 2.72 bits per heavy atom. The number of rotatable bonds is 5. The molecule has 39 heavy (non-hydrogen) atoms. The van der Waals surface area contributed by atoms with E-state index in [0.29, 0.717) is 23.0 Å². The fourth-order valence-electron chi connectivity index (χ4n) is 4.84. The second kappa shape index (κ2) is 10.6. The number of fused-ring (bicyclic) bond motifs is 1. The van der Waals surface area contributed by atoms with Gasteiger partial charge in [-0.3, -0.25) is 24.1 Å². The van der Waals surface area contributed by atoms with Gasteiger partial charge >= 0.3 is 6.18 Å². The summed E-state index contributed by atoms with van der Waals surface area (Å²) >= 11 is 6.50. The second-order valence-electron chi connectivity index (χ2n) is 9.24. The first-order chi connectivity index (χ1) is 18.5. The summed E-state index contributed by atoms with van der Waals surface area (Å²) in [5.74, 6) is -0.579. The molecule has 5 rings (SSSR count). The van der Waals surface area contributed by atoms with Crippen LogP contribution < -0.4 is 0 Å². The predicted octanol–water partition coefficient (Wildman–Crippen LogP) is 5.73. The van der Waals surface area contributed by atoms with Crippen molar-refractivity contribution in [2.45, 2.75) is 31.4 Å². The highest BCUT2D eigenvalue weighted by Crippen LogP contribution is 2.37. The number of carbonyl (C=O) groups is 2. The molecule has 2 aliphatic heterocycles. The minimum absolute atomic E-state index is 0.0132. The normalized spacial score (nSPS) is 21.7. The minimum Gasteiger partial charge on any atom is -0.288 e. The Labute approximate surface area is 229 Å². The number of imide groups is 1. The Morgan fingerprint density at radius 1 is 1.21 bits per heavy atom. The van der Waals surface area contributed by atoms with E-state index in [2.05, 4.69) is 5.10 Å².